The molecule has 0 aliphatic heterocycles. The standard InChI is InChI=1S/C15H22N4/c1-10(14-8-6-7-9-16-14)17-11(2)15-12(3)18-19(5)13(15)4/h6-11,17H,1-5H3/t10-,11?/m0/s1. The molecule has 2 rings (SSSR count). The van der Waals surface area contributed by atoms with Gasteiger partial charge in [-0.25, -0.2) is 0 Å². The van der Waals surface area contributed by atoms with Crippen LogP contribution in [0.1, 0.15) is 48.6 Å². The Labute approximate surface area is 114 Å². The summed E-state index contributed by atoms with van der Waals surface area (Å²) < 4.78 is 1.94. The smallest absolute Gasteiger partial charge is 0.0644 e. The van der Waals surface area contributed by atoms with Gasteiger partial charge in [-0.1, -0.05) is 6.07 Å². The number of hydrogen-bond acceptors (Lipinski definition) is 3. The second-order valence-corrected chi connectivity index (χ2v) is 5.07. The van der Waals surface area contributed by atoms with Crippen LogP contribution in [-0.4, -0.2) is 14.8 Å². The Bertz CT molecular complexity index is 545. The highest BCUT2D eigenvalue weighted by Crippen LogP contribution is 2.23. The SMILES string of the molecule is Cc1nn(C)c(C)c1C(C)N[C@@H](C)c1ccccn1. The highest BCUT2D eigenvalue weighted by molar-refractivity contribution is 5.28. The average molecular weight is 258 g/mol. The third-order valence-corrected chi connectivity index (χ3v) is 3.63. The fraction of sp³-hybridized carbons (Fsp3) is 0.467. The van der Waals surface area contributed by atoms with Crippen molar-refractivity contribution in [1.29, 1.82) is 0 Å². The molecule has 2 aromatic rings. The van der Waals surface area contributed by atoms with E-state index < -0.39 is 0 Å². The zero-order valence-electron chi connectivity index (χ0n) is 12.3. The number of hydrogen-bond donors (Lipinski definition) is 1. The maximum Gasteiger partial charge on any atom is 0.0644 e. The maximum absolute atomic E-state index is 4.47. The van der Waals surface area contributed by atoms with Crippen molar-refractivity contribution in [1.82, 2.24) is 20.1 Å². The molecule has 0 radical (unpaired) electrons. The molecule has 0 spiro atoms. The van der Waals surface area contributed by atoms with Crippen molar-refractivity contribution in [3.05, 3.63) is 47.0 Å². The summed E-state index contributed by atoms with van der Waals surface area (Å²) in [6.07, 6.45) is 1.83. The van der Waals surface area contributed by atoms with Gasteiger partial charge in [-0.3, -0.25) is 9.67 Å². The first-order valence-electron chi connectivity index (χ1n) is 6.67. The topological polar surface area (TPSA) is 42.7 Å². The molecule has 102 valence electrons. The zero-order chi connectivity index (χ0) is 14.0. The van der Waals surface area contributed by atoms with E-state index in [9.17, 15) is 0 Å². The predicted octanol–water partition coefficient (Wildman–Crippen LogP) is 2.84. The number of aryl methyl sites for hydroxylation is 2. The van der Waals surface area contributed by atoms with Crippen LogP contribution in [0.25, 0.3) is 0 Å². The molecule has 0 saturated carbocycles. The largest absolute Gasteiger partial charge is 0.302 e. The van der Waals surface area contributed by atoms with Gasteiger partial charge in [-0.05, 0) is 39.8 Å². The molecule has 0 fully saturated rings. The minimum absolute atomic E-state index is 0.218. The molecular formula is C15H22N4. The molecule has 0 amide bonds. The third kappa shape index (κ3) is 2.84. The van der Waals surface area contributed by atoms with E-state index in [1.807, 2.05) is 36.1 Å². The molecule has 0 aromatic carbocycles. The van der Waals surface area contributed by atoms with Gasteiger partial charge in [0.2, 0.25) is 0 Å². The number of aromatic nitrogens is 3. The zero-order valence-corrected chi connectivity index (χ0v) is 12.3. The Morgan fingerprint density at radius 3 is 2.42 bits per heavy atom. The molecule has 1 unspecified atom stereocenters. The summed E-state index contributed by atoms with van der Waals surface area (Å²) in [6.45, 7) is 8.49. The number of rotatable bonds is 4. The van der Waals surface area contributed by atoms with Crippen LogP contribution in [0.5, 0.6) is 0 Å². The summed E-state index contributed by atoms with van der Waals surface area (Å²) in [7, 11) is 1.99. The molecule has 19 heavy (non-hydrogen) atoms. The fourth-order valence-corrected chi connectivity index (χ4v) is 2.59. The van der Waals surface area contributed by atoms with Crippen molar-refractivity contribution in [3.8, 4) is 0 Å². The van der Waals surface area contributed by atoms with Gasteiger partial charge in [0, 0.05) is 36.6 Å². The van der Waals surface area contributed by atoms with Gasteiger partial charge in [-0.15, -0.1) is 0 Å². The summed E-state index contributed by atoms with van der Waals surface area (Å²) in [5.74, 6) is 0. The lowest BCUT2D eigenvalue weighted by Crippen LogP contribution is -2.24. The van der Waals surface area contributed by atoms with Crippen LogP contribution in [0, 0.1) is 13.8 Å². The number of nitrogens with one attached hydrogen (secondary N) is 1. The summed E-state index contributed by atoms with van der Waals surface area (Å²) in [4.78, 5) is 4.39. The minimum atomic E-state index is 0.218. The van der Waals surface area contributed by atoms with E-state index in [1.54, 1.807) is 0 Å². The third-order valence-electron chi connectivity index (χ3n) is 3.63. The molecule has 4 nitrogen and oxygen atoms in total. The van der Waals surface area contributed by atoms with Crippen molar-refractivity contribution in [2.24, 2.45) is 7.05 Å². The van der Waals surface area contributed by atoms with Crippen molar-refractivity contribution in [2.45, 2.75) is 39.8 Å². The quantitative estimate of drug-likeness (QED) is 0.917. The van der Waals surface area contributed by atoms with Crippen molar-refractivity contribution < 1.29 is 0 Å². The minimum Gasteiger partial charge on any atom is -0.302 e. The molecule has 0 aliphatic rings. The van der Waals surface area contributed by atoms with E-state index >= 15 is 0 Å². The molecule has 4 heteroatoms. The summed E-state index contributed by atoms with van der Waals surface area (Å²) in [5.41, 5.74) is 4.65. The molecule has 0 saturated heterocycles. The second-order valence-electron chi connectivity index (χ2n) is 5.07. The molecule has 2 atom stereocenters. The van der Waals surface area contributed by atoms with Gasteiger partial charge in [0.15, 0.2) is 0 Å². The van der Waals surface area contributed by atoms with Gasteiger partial charge in [-0.2, -0.15) is 5.10 Å². The Morgan fingerprint density at radius 2 is 1.89 bits per heavy atom. The van der Waals surface area contributed by atoms with Crippen LogP contribution in [-0.2, 0) is 7.05 Å². The van der Waals surface area contributed by atoms with Gasteiger partial charge in [0.1, 0.15) is 0 Å². The van der Waals surface area contributed by atoms with E-state index in [-0.39, 0.29) is 12.1 Å². The molecule has 0 aliphatic carbocycles. The van der Waals surface area contributed by atoms with Crippen LogP contribution in [0.2, 0.25) is 0 Å². The molecule has 0 bridgehead atoms. The van der Waals surface area contributed by atoms with E-state index in [4.69, 9.17) is 0 Å². The average Bonchev–Trinajstić information content (AvgIpc) is 2.64. The number of nitrogens with zero attached hydrogens (tertiary/aromatic N) is 3. The molecule has 2 aromatic heterocycles. The van der Waals surface area contributed by atoms with Gasteiger partial charge in [0.05, 0.1) is 11.4 Å². The van der Waals surface area contributed by atoms with Crippen LogP contribution < -0.4 is 5.32 Å². The van der Waals surface area contributed by atoms with Crippen molar-refractivity contribution >= 4 is 0 Å². The lowest BCUT2D eigenvalue weighted by molar-refractivity contribution is 0.483. The second kappa shape index (κ2) is 5.53. The van der Waals surface area contributed by atoms with Gasteiger partial charge in [0.25, 0.3) is 0 Å². The maximum atomic E-state index is 4.47. The Balaban J connectivity index is 2.15. The van der Waals surface area contributed by atoms with Crippen LogP contribution in [0.3, 0.4) is 0 Å². The molecule has 2 heterocycles. The van der Waals surface area contributed by atoms with Gasteiger partial charge < -0.3 is 5.32 Å². The molecular weight excluding hydrogens is 236 g/mol. The highest BCUT2D eigenvalue weighted by Gasteiger charge is 2.18. The lowest BCUT2D eigenvalue weighted by atomic mass is 10.0. The monoisotopic (exact) mass is 258 g/mol. The number of pyridine rings is 1. The molecule has 1 N–H and O–H groups in total. The van der Waals surface area contributed by atoms with Crippen LogP contribution in [0.4, 0.5) is 0 Å². The normalized spacial score (nSPS) is 14.4. The lowest BCUT2D eigenvalue weighted by Gasteiger charge is -2.20. The fourth-order valence-electron chi connectivity index (χ4n) is 2.59. The summed E-state index contributed by atoms with van der Waals surface area (Å²) in [6, 6.07) is 6.48. The Hall–Kier alpha value is -1.68. The van der Waals surface area contributed by atoms with Crippen LogP contribution >= 0.6 is 0 Å². The van der Waals surface area contributed by atoms with Crippen molar-refractivity contribution in [2.75, 3.05) is 0 Å². The van der Waals surface area contributed by atoms with Crippen molar-refractivity contribution in [3.63, 3.8) is 0 Å². The first-order chi connectivity index (χ1) is 9.00. The van der Waals surface area contributed by atoms with E-state index in [1.165, 1.54) is 11.3 Å². The summed E-state index contributed by atoms with van der Waals surface area (Å²) >= 11 is 0. The van der Waals surface area contributed by atoms with Crippen LogP contribution in [0.15, 0.2) is 24.4 Å². The Kier molecular flexibility index (Phi) is 4.00. The van der Waals surface area contributed by atoms with E-state index in [2.05, 4.69) is 43.1 Å². The van der Waals surface area contributed by atoms with E-state index in [0.29, 0.717) is 0 Å². The first-order valence-corrected chi connectivity index (χ1v) is 6.67. The summed E-state index contributed by atoms with van der Waals surface area (Å²) in [5, 5.41) is 8.06. The highest BCUT2D eigenvalue weighted by atomic mass is 15.3. The van der Waals surface area contributed by atoms with Gasteiger partial charge >= 0.3 is 0 Å². The Morgan fingerprint density at radius 1 is 1.16 bits per heavy atom. The first kappa shape index (κ1) is 13.7. The predicted molar refractivity (Wildman–Crippen MR) is 76.9 cm³/mol. The van der Waals surface area contributed by atoms with E-state index in [0.717, 1.165) is 11.4 Å².